The average molecular weight is 272 g/mol. The molecule has 0 aromatic rings. The monoisotopic (exact) mass is 272 g/mol. The summed E-state index contributed by atoms with van der Waals surface area (Å²) in [6.07, 6.45) is 12.0. The van der Waals surface area contributed by atoms with Crippen LogP contribution >= 0.6 is 0 Å². The minimum Gasteiger partial charge on any atom is -0.385 e. The van der Waals surface area contributed by atoms with Crippen molar-refractivity contribution in [2.75, 3.05) is 33.9 Å². The lowest BCUT2D eigenvalue weighted by atomic mass is 10.0. The van der Waals surface area contributed by atoms with E-state index in [0.717, 1.165) is 26.1 Å². The summed E-state index contributed by atoms with van der Waals surface area (Å²) in [6.45, 7) is 4.98. The molecule has 0 aliphatic heterocycles. The van der Waals surface area contributed by atoms with Gasteiger partial charge in [0.25, 0.3) is 0 Å². The molecule has 3 nitrogen and oxygen atoms in total. The maximum absolute atomic E-state index is 5.89. The zero-order valence-corrected chi connectivity index (χ0v) is 13.5. The molecule has 116 valence electrons. The fourth-order valence-electron chi connectivity index (χ4n) is 2.50. The first-order valence-electron chi connectivity index (χ1n) is 8.15. The van der Waals surface area contributed by atoms with Gasteiger partial charge < -0.3 is 15.4 Å². The minimum atomic E-state index is 0.549. The fourth-order valence-corrected chi connectivity index (χ4v) is 2.50. The van der Waals surface area contributed by atoms with Gasteiger partial charge in [-0.3, -0.25) is 0 Å². The van der Waals surface area contributed by atoms with E-state index >= 15 is 0 Å². The lowest BCUT2D eigenvalue weighted by Gasteiger charge is -2.26. The van der Waals surface area contributed by atoms with E-state index in [1.165, 1.54) is 51.4 Å². The third-order valence-electron chi connectivity index (χ3n) is 3.90. The van der Waals surface area contributed by atoms with Crippen LogP contribution in [0.15, 0.2) is 0 Å². The second-order valence-corrected chi connectivity index (χ2v) is 5.63. The number of likely N-dealkylation sites (N-methyl/N-ethyl adjacent to an activating group) is 1. The van der Waals surface area contributed by atoms with Crippen LogP contribution in [0.4, 0.5) is 0 Å². The molecule has 0 fully saturated rings. The van der Waals surface area contributed by atoms with E-state index in [-0.39, 0.29) is 0 Å². The van der Waals surface area contributed by atoms with Gasteiger partial charge in [-0.1, -0.05) is 51.9 Å². The van der Waals surface area contributed by atoms with Crippen LogP contribution in [0.5, 0.6) is 0 Å². The summed E-state index contributed by atoms with van der Waals surface area (Å²) in [4.78, 5) is 2.40. The Morgan fingerprint density at radius 3 is 2.21 bits per heavy atom. The number of ether oxygens (including phenoxy) is 1. The quantitative estimate of drug-likeness (QED) is 0.492. The highest BCUT2D eigenvalue weighted by Gasteiger charge is 2.11. The van der Waals surface area contributed by atoms with Crippen LogP contribution < -0.4 is 5.73 Å². The van der Waals surface area contributed by atoms with Gasteiger partial charge in [0.15, 0.2) is 0 Å². The highest BCUT2D eigenvalue weighted by Crippen LogP contribution is 2.12. The number of nitrogens with zero attached hydrogens (tertiary/aromatic N) is 1. The molecule has 2 N–H and O–H groups in total. The Morgan fingerprint density at radius 2 is 1.63 bits per heavy atom. The molecule has 0 bridgehead atoms. The Hall–Kier alpha value is -0.120. The van der Waals surface area contributed by atoms with E-state index < -0.39 is 0 Å². The molecular weight excluding hydrogens is 236 g/mol. The first-order chi connectivity index (χ1) is 9.26. The Balaban J connectivity index is 3.52. The maximum Gasteiger partial charge on any atom is 0.0474 e. The molecule has 0 saturated carbocycles. The second-order valence-electron chi connectivity index (χ2n) is 5.63. The molecule has 0 radical (unpaired) electrons. The Kier molecular flexibility index (Phi) is 14.2. The summed E-state index contributed by atoms with van der Waals surface area (Å²) in [5, 5.41) is 0. The van der Waals surface area contributed by atoms with Crippen molar-refractivity contribution in [3.63, 3.8) is 0 Å². The predicted molar refractivity (Wildman–Crippen MR) is 84.6 cm³/mol. The van der Waals surface area contributed by atoms with Crippen molar-refractivity contribution in [1.82, 2.24) is 4.90 Å². The number of unbranched alkanes of at least 4 members (excludes halogenated alkanes) is 6. The zero-order valence-electron chi connectivity index (χ0n) is 13.5. The van der Waals surface area contributed by atoms with Gasteiger partial charge in [-0.2, -0.15) is 0 Å². The van der Waals surface area contributed by atoms with Gasteiger partial charge in [-0.05, 0) is 19.9 Å². The maximum atomic E-state index is 5.89. The number of hydrogen-bond acceptors (Lipinski definition) is 3. The normalized spacial score (nSPS) is 13.1. The molecule has 1 atom stereocenters. The van der Waals surface area contributed by atoms with Crippen molar-refractivity contribution in [3.05, 3.63) is 0 Å². The van der Waals surface area contributed by atoms with E-state index in [9.17, 15) is 0 Å². The van der Waals surface area contributed by atoms with Crippen LogP contribution in [-0.4, -0.2) is 44.8 Å². The highest BCUT2D eigenvalue weighted by atomic mass is 16.5. The van der Waals surface area contributed by atoms with E-state index in [1.807, 2.05) is 0 Å². The highest BCUT2D eigenvalue weighted by molar-refractivity contribution is 4.69. The van der Waals surface area contributed by atoms with E-state index in [0.29, 0.717) is 6.04 Å². The first-order valence-corrected chi connectivity index (χ1v) is 8.15. The molecule has 0 spiro atoms. The third-order valence-corrected chi connectivity index (χ3v) is 3.90. The van der Waals surface area contributed by atoms with Crippen molar-refractivity contribution >= 4 is 0 Å². The van der Waals surface area contributed by atoms with Crippen LogP contribution in [0.1, 0.15) is 64.7 Å². The molecular formula is C16H36N2O. The molecule has 0 heterocycles. The predicted octanol–water partition coefficient (Wildman–Crippen LogP) is 3.42. The van der Waals surface area contributed by atoms with Gasteiger partial charge in [-0.25, -0.2) is 0 Å². The first kappa shape index (κ1) is 18.9. The van der Waals surface area contributed by atoms with E-state index in [4.69, 9.17) is 10.5 Å². The van der Waals surface area contributed by atoms with Gasteiger partial charge in [-0.15, -0.1) is 0 Å². The topological polar surface area (TPSA) is 38.5 Å². The number of nitrogens with two attached hydrogens (primary N) is 1. The molecule has 0 amide bonds. The fraction of sp³-hybridized carbons (Fsp3) is 1.00. The number of methoxy groups -OCH3 is 1. The molecule has 0 aromatic carbocycles. The standard InChI is InChI=1S/C16H36N2O/c1-4-5-6-7-8-9-10-12-16(15-17)18(2)13-11-14-19-3/h16H,4-15,17H2,1-3H3. The van der Waals surface area contributed by atoms with Gasteiger partial charge in [0, 0.05) is 32.8 Å². The largest absolute Gasteiger partial charge is 0.385 e. The van der Waals surface area contributed by atoms with E-state index in [1.54, 1.807) is 7.11 Å². The smallest absolute Gasteiger partial charge is 0.0474 e. The molecule has 0 saturated heterocycles. The number of hydrogen-bond donors (Lipinski definition) is 1. The number of rotatable bonds is 14. The summed E-state index contributed by atoms with van der Waals surface area (Å²) in [6, 6.07) is 0.549. The van der Waals surface area contributed by atoms with Crippen molar-refractivity contribution in [2.45, 2.75) is 70.8 Å². The summed E-state index contributed by atoms with van der Waals surface area (Å²) in [5.74, 6) is 0. The van der Waals surface area contributed by atoms with Crippen LogP contribution in [0, 0.1) is 0 Å². The van der Waals surface area contributed by atoms with E-state index in [2.05, 4.69) is 18.9 Å². The van der Waals surface area contributed by atoms with Crippen LogP contribution in [0.25, 0.3) is 0 Å². The Morgan fingerprint density at radius 1 is 1.00 bits per heavy atom. The Bertz CT molecular complexity index is 176. The van der Waals surface area contributed by atoms with Crippen LogP contribution in [-0.2, 0) is 4.74 Å². The molecule has 19 heavy (non-hydrogen) atoms. The molecule has 0 rings (SSSR count). The van der Waals surface area contributed by atoms with Crippen molar-refractivity contribution in [2.24, 2.45) is 5.73 Å². The third kappa shape index (κ3) is 11.4. The van der Waals surface area contributed by atoms with Crippen molar-refractivity contribution in [3.8, 4) is 0 Å². The SMILES string of the molecule is CCCCCCCCCC(CN)N(C)CCCOC. The summed E-state index contributed by atoms with van der Waals surface area (Å²) in [7, 11) is 3.95. The summed E-state index contributed by atoms with van der Waals surface area (Å²) >= 11 is 0. The minimum absolute atomic E-state index is 0.549. The van der Waals surface area contributed by atoms with Gasteiger partial charge in [0.05, 0.1) is 0 Å². The molecule has 1 unspecified atom stereocenters. The molecule has 0 aliphatic carbocycles. The Labute approximate surface area is 120 Å². The van der Waals surface area contributed by atoms with Gasteiger partial charge >= 0.3 is 0 Å². The van der Waals surface area contributed by atoms with Gasteiger partial charge in [0.2, 0.25) is 0 Å². The molecule has 3 heteroatoms. The summed E-state index contributed by atoms with van der Waals surface area (Å²) < 4.78 is 5.09. The average Bonchev–Trinajstić information content (AvgIpc) is 2.42. The molecule has 0 aromatic heterocycles. The zero-order chi connectivity index (χ0) is 14.3. The van der Waals surface area contributed by atoms with Gasteiger partial charge in [0.1, 0.15) is 0 Å². The van der Waals surface area contributed by atoms with Crippen molar-refractivity contribution in [1.29, 1.82) is 0 Å². The lowest BCUT2D eigenvalue weighted by Crippen LogP contribution is -2.38. The van der Waals surface area contributed by atoms with Crippen molar-refractivity contribution < 1.29 is 4.74 Å². The van der Waals surface area contributed by atoms with Crippen LogP contribution in [0.2, 0.25) is 0 Å². The molecule has 0 aliphatic rings. The summed E-state index contributed by atoms with van der Waals surface area (Å²) in [5.41, 5.74) is 5.89. The second kappa shape index (κ2) is 14.3. The van der Waals surface area contributed by atoms with Crippen LogP contribution in [0.3, 0.4) is 0 Å². The lowest BCUT2D eigenvalue weighted by molar-refractivity contribution is 0.162.